The Balaban J connectivity index is 1.81. The first-order chi connectivity index (χ1) is 9.22. The summed E-state index contributed by atoms with van der Waals surface area (Å²) >= 11 is 7.40. The lowest BCUT2D eigenvalue weighted by molar-refractivity contribution is 1.21. The minimum absolute atomic E-state index is 0.628. The maximum absolute atomic E-state index is 5.90. The number of benzene rings is 1. The molecule has 3 aromatic rings. The van der Waals surface area contributed by atoms with Crippen LogP contribution < -0.4 is 5.43 Å². The summed E-state index contributed by atoms with van der Waals surface area (Å²) in [5.41, 5.74) is 5.70. The fourth-order valence-electron chi connectivity index (χ4n) is 1.71. The Morgan fingerprint density at radius 1 is 1.32 bits per heavy atom. The highest BCUT2D eigenvalue weighted by Gasteiger charge is 2.03. The van der Waals surface area contributed by atoms with Crippen molar-refractivity contribution in [2.75, 3.05) is 5.43 Å². The smallest absolute Gasteiger partial charge is 0.222 e. The van der Waals surface area contributed by atoms with Crippen molar-refractivity contribution in [3.8, 4) is 0 Å². The Morgan fingerprint density at radius 2 is 2.16 bits per heavy atom. The van der Waals surface area contributed by atoms with E-state index in [2.05, 4.69) is 20.5 Å². The normalized spacial score (nSPS) is 12.0. The summed E-state index contributed by atoms with van der Waals surface area (Å²) in [4.78, 5) is 8.58. The number of nitrogens with zero attached hydrogens (tertiary/aromatic N) is 2. The van der Waals surface area contributed by atoms with E-state index in [1.165, 1.54) is 11.3 Å². The number of aromatic nitrogens is 2. The lowest BCUT2D eigenvalue weighted by Crippen LogP contribution is -1.98. The van der Waals surface area contributed by atoms with Crippen LogP contribution in [0.25, 0.3) is 11.0 Å². The molecule has 0 fully saturated rings. The number of anilines is 1. The zero-order chi connectivity index (χ0) is 13.2. The second-order valence-corrected chi connectivity index (χ2v) is 5.73. The summed E-state index contributed by atoms with van der Waals surface area (Å²) in [6, 6.07) is 11.7. The van der Waals surface area contributed by atoms with Crippen molar-refractivity contribution in [1.82, 2.24) is 9.97 Å². The van der Waals surface area contributed by atoms with Crippen molar-refractivity contribution >= 4 is 45.6 Å². The van der Waals surface area contributed by atoms with Crippen molar-refractivity contribution in [1.29, 1.82) is 0 Å². The zero-order valence-electron chi connectivity index (χ0n) is 10.1. The van der Waals surface area contributed by atoms with E-state index in [-0.39, 0.29) is 0 Å². The number of H-pyrrole nitrogens is 1. The third kappa shape index (κ3) is 2.62. The molecule has 0 aliphatic heterocycles. The Labute approximate surface area is 119 Å². The number of halogens is 1. The predicted octanol–water partition coefficient (Wildman–Crippen LogP) is 4.11. The second-order valence-electron chi connectivity index (χ2n) is 4.02. The van der Waals surface area contributed by atoms with Crippen LogP contribution in [0.4, 0.5) is 5.95 Å². The number of fused-ring (bicyclic) bond motifs is 1. The molecule has 0 amide bonds. The first kappa shape index (κ1) is 12.2. The quantitative estimate of drug-likeness (QED) is 0.563. The number of hydrogen-bond donors (Lipinski definition) is 2. The van der Waals surface area contributed by atoms with Crippen molar-refractivity contribution < 1.29 is 0 Å². The minimum atomic E-state index is 0.628. The van der Waals surface area contributed by atoms with Gasteiger partial charge < -0.3 is 4.98 Å². The van der Waals surface area contributed by atoms with Crippen molar-refractivity contribution in [3.63, 3.8) is 0 Å². The van der Waals surface area contributed by atoms with Crippen LogP contribution in [0.2, 0.25) is 4.34 Å². The molecule has 0 spiro atoms. The highest BCUT2D eigenvalue weighted by Crippen LogP contribution is 2.22. The van der Waals surface area contributed by atoms with Crippen molar-refractivity contribution in [2.24, 2.45) is 5.10 Å². The molecule has 19 heavy (non-hydrogen) atoms. The third-order valence-corrected chi connectivity index (χ3v) is 3.99. The number of para-hydroxylation sites is 2. The molecule has 0 unspecified atom stereocenters. The zero-order valence-corrected chi connectivity index (χ0v) is 11.7. The lowest BCUT2D eigenvalue weighted by atomic mass is 10.3. The van der Waals surface area contributed by atoms with E-state index >= 15 is 0 Å². The molecule has 1 aromatic carbocycles. The number of imidazole rings is 1. The lowest BCUT2D eigenvalue weighted by Gasteiger charge is -1.97. The van der Waals surface area contributed by atoms with Gasteiger partial charge in [0, 0.05) is 0 Å². The number of thiophene rings is 1. The average Bonchev–Trinajstić information content (AvgIpc) is 3.01. The Kier molecular flexibility index (Phi) is 3.23. The Bertz CT molecular complexity index is 711. The summed E-state index contributed by atoms with van der Waals surface area (Å²) in [5.74, 6) is 0.628. The molecular weight excluding hydrogens is 280 g/mol. The molecule has 6 heteroatoms. The molecule has 4 nitrogen and oxygen atoms in total. The van der Waals surface area contributed by atoms with Gasteiger partial charge >= 0.3 is 0 Å². The van der Waals surface area contributed by atoms with E-state index in [0.717, 1.165) is 26.0 Å². The van der Waals surface area contributed by atoms with Crippen LogP contribution in [0, 0.1) is 0 Å². The number of aromatic amines is 1. The number of hydrogen-bond acceptors (Lipinski definition) is 4. The van der Waals surface area contributed by atoms with Crippen LogP contribution in [0.1, 0.15) is 11.8 Å². The van der Waals surface area contributed by atoms with E-state index < -0.39 is 0 Å². The van der Waals surface area contributed by atoms with Gasteiger partial charge in [-0.15, -0.1) is 11.3 Å². The van der Waals surface area contributed by atoms with Gasteiger partial charge in [0.05, 0.1) is 26.0 Å². The summed E-state index contributed by atoms with van der Waals surface area (Å²) in [7, 11) is 0. The fraction of sp³-hybridized carbons (Fsp3) is 0.0769. The first-order valence-electron chi connectivity index (χ1n) is 5.73. The Hall–Kier alpha value is -1.85. The van der Waals surface area contributed by atoms with E-state index in [1.807, 2.05) is 43.3 Å². The second kappa shape index (κ2) is 5.03. The highest BCUT2D eigenvalue weighted by atomic mass is 35.5. The van der Waals surface area contributed by atoms with Crippen LogP contribution in [-0.4, -0.2) is 15.7 Å². The van der Waals surface area contributed by atoms with E-state index in [1.54, 1.807) is 0 Å². The van der Waals surface area contributed by atoms with Crippen molar-refractivity contribution in [2.45, 2.75) is 6.92 Å². The van der Waals surface area contributed by atoms with Crippen LogP contribution in [-0.2, 0) is 0 Å². The van der Waals surface area contributed by atoms with Gasteiger partial charge in [0.25, 0.3) is 0 Å². The average molecular weight is 291 g/mol. The molecule has 2 N–H and O–H groups in total. The van der Waals surface area contributed by atoms with Gasteiger partial charge in [-0.25, -0.2) is 10.4 Å². The molecule has 0 bridgehead atoms. The molecule has 3 rings (SSSR count). The molecular formula is C13H11ClN4S. The minimum Gasteiger partial charge on any atom is -0.323 e. The summed E-state index contributed by atoms with van der Waals surface area (Å²) in [6.45, 7) is 1.93. The van der Waals surface area contributed by atoms with Crippen molar-refractivity contribution in [3.05, 3.63) is 45.6 Å². The van der Waals surface area contributed by atoms with Crippen LogP contribution in [0.15, 0.2) is 41.5 Å². The Morgan fingerprint density at radius 3 is 2.89 bits per heavy atom. The molecule has 96 valence electrons. The highest BCUT2D eigenvalue weighted by molar-refractivity contribution is 7.18. The maximum Gasteiger partial charge on any atom is 0.222 e. The molecule has 0 saturated carbocycles. The van der Waals surface area contributed by atoms with Gasteiger partial charge in [0.1, 0.15) is 0 Å². The maximum atomic E-state index is 5.90. The summed E-state index contributed by atoms with van der Waals surface area (Å²) in [6.07, 6.45) is 0. The van der Waals surface area contributed by atoms with E-state index in [0.29, 0.717) is 5.95 Å². The van der Waals surface area contributed by atoms with E-state index in [9.17, 15) is 0 Å². The topological polar surface area (TPSA) is 53.1 Å². The number of rotatable bonds is 3. The van der Waals surface area contributed by atoms with Crippen LogP contribution in [0.3, 0.4) is 0 Å². The number of nitrogens with one attached hydrogen (secondary N) is 2. The van der Waals surface area contributed by atoms with Gasteiger partial charge in [-0.3, -0.25) is 0 Å². The van der Waals surface area contributed by atoms with Crippen LogP contribution in [0.5, 0.6) is 0 Å². The standard InChI is InChI=1S/C13H11ClN4S/c1-8(11-6-7-12(14)19-11)17-18-13-15-9-4-2-3-5-10(9)16-13/h2-7H,1H3,(H2,15,16,18)/b17-8+. The largest absolute Gasteiger partial charge is 0.323 e. The molecule has 0 radical (unpaired) electrons. The van der Waals surface area contributed by atoms with Gasteiger partial charge in [-0.1, -0.05) is 23.7 Å². The summed E-state index contributed by atoms with van der Waals surface area (Å²) < 4.78 is 0.758. The fourth-order valence-corrected chi connectivity index (χ4v) is 2.69. The molecule has 2 aromatic heterocycles. The molecule has 0 saturated heterocycles. The van der Waals surface area contributed by atoms with Crippen LogP contribution >= 0.6 is 22.9 Å². The SMILES string of the molecule is C/C(=N\Nc1nc2ccccc2[nH]1)c1ccc(Cl)s1. The van der Waals surface area contributed by atoms with Gasteiger partial charge in [-0.2, -0.15) is 5.10 Å². The summed E-state index contributed by atoms with van der Waals surface area (Å²) in [5, 5.41) is 4.30. The van der Waals surface area contributed by atoms with Gasteiger partial charge in [0.2, 0.25) is 5.95 Å². The van der Waals surface area contributed by atoms with Gasteiger partial charge in [0.15, 0.2) is 0 Å². The first-order valence-corrected chi connectivity index (χ1v) is 6.92. The molecule has 2 heterocycles. The molecule has 0 aliphatic rings. The van der Waals surface area contributed by atoms with Gasteiger partial charge in [-0.05, 0) is 31.2 Å². The monoisotopic (exact) mass is 290 g/mol. The predicted molar refractivity (Wildman–Crippen MR) is 81.3 cm³/mol. The van der Waals surface area contributed by atoms with E-state index in [4.69, 9.17) is 11.6 Å². The third-order valence-electron chi connectivity index (χ3n) is 2.65. The molecule has 0 aliphatic carbocycles. The molecule has 0 atom stereocenters. The number of hydrazone groups is 1.